The molecule has 2 N–H and O–H groups in total. The molecule has 0 aliphatic carbocycles. The van der Waals surface area contributed by atoms with Crippen LogP contribution in [0, 0.1) is 5.92 Å². The van der Waals surface area contributed by atoms with Crippen molar-refractivity contribution in [2.75, 3.05) is 30.1 Å². The smallest absolute Gasteiger partial charge is 0.264 e. The van der Waals surface area contributed by atoms with Gasteiger partial charge in [-0.1, -0.05) is 54.6 Å². The number of hydrogen-bond donors (Lipinski definition) is 2. The molecule has 2 amide bonds. The Hall–Kier alpha value is -4.36. The Balaban J connectivity index is 1.16. The lowest BCUT2D eigenvalue weighted by Gasteiger charge is -2.32. The fraction of sp³-hybridized carbons (Fsp3) is 0.436. The van der Waals surface area contributed by atoms with E-state index < -0.39 is 20.0 Å². The molecule has 7 rings (SSSR count). The minimum atomic E-state index is -2.88. The highest BCUT2D eigenvalue weighted by molar-refractivity contribution is 6.71. The molecule has 2 fully saturated rings. The maximum atomic E-state index is 14.9. The van der Waals surface area contributed by atoms with E-state index in [0.717, 1.165) is 47.5 Å². The summed E-state index contributed by atoms with van der Waals surface area (Å²) < 4.78 is 14.4. The van der Waals surface area contributed by atoms with Gasteiger partial charge in [0.25, 0.3) is 5.91 Å². The van der Waals surface area contributed by atoms with E-state index in [2.05, 4.69) is 10.3 Å². The number of fused-ring (bicyclic) bond motifs is 2. The van der Waals surface area contributed by atoms with Crippen molar-refractivity contribution in [1.82, 2.24) is 15.0 Å². The Morgan fingerprint density at radius 1 is 1.06 bits per heavy atom. The van der Waals surface area contributed by atoms with Crippen molar-refractivity contribution in [2.45, 2.75) is 82.0 Å². The summed E-state index contributed by atoms with van der Waals surface area (Å²) in [7, 11) is -1.27. The summed E-state index contributed by atoms with van der Waals surface area (Å²) in [6, 6.07) is 23.3. The van der Waals surface area contributed by atoms with E-state index >= 15 is 0 Å². The number of aromatic nitrogens is 3. The van der Waals surface area contributed by atoms with Crippen molar-refractivity contribution in [3.8, 4) is 5.75 Å². The summed E-state index contributed by atoms with van der Waals surface area (Å²) in [5, 5.41) is 18.9. The highest BCUT2D eigenvalue weighted by atomic mass is 28.4. The van der Waals surface area contributed by atoms with Gasteiger partial charge in [0.1, 0.15) is 5.75 Å². The van der Waals surface area contributed by atoms with E-state index in [9.17, 15) is 19.5 Å². The highest BCUT2D eigenvalue weighted by Gasteiger charge is 2.66. The summed E-state index contributed by atoms with van der Waals surface area (Å²) in [6.45, 7) is 7.28. The minimum absolute atomic E-state index is 0.0927. The number of anilines is 2. The molecule has 2 saturated heterocycles. The number of aliphatic hydroxyl groups is 1. The van der Waals surface area contributed by atoms with Crippen molar-refractivity contribution in [1.29, 1.82) is 0 Å². The summed E-state index contributed by atoms with van der Waals surface area (Å²) in [5.41, 5.74) is 3.39. The van der Waals surface area contributed by atoms with Crippen LogP contribution in [-0.2, 0) is 33.0 Å². The van der Waals surface area contributed by atoms with Gasteiger partial charge in [0.2, 0.25) is 5.91 Å². The van der Waals surface area contributed by atoms with E-state index in [1.807, 2.05) is 104 Å². The first-order chi connectivity index (χ1) is 24.5. The van der Waals surface area contributed by atoms with Crippen LogP contribution in [0.1, 0.15) is 60.9 Å². The molecule has 1 spiro atoms. The van der Waals surface area contributed by atoms with Crippen molar-refractivity contribution in [3.63, 3.8) is 0 Å². The fourth-order valence-electron chi connectivity index (χ4n) is 8.55. The first-order valence-corrected chi connectivity index (χ1v) is 20.9. The Kier molecular flexibility index (Phi) is 9.61. The van der Waals surface area contributed by atoms with Crippen LogP contribution < -0.4 is 14.5 Å². The number of aryl methyl sites for hydroxylation is 1. The van der Waals surface area contributed by atoms with E-state index in [1.54, 1.807) is 16.7 Å². The Morgan fingerprint density at radius 3 is 2.51 bits per heavy atom. The molecule has 4 aromatic rings. The van der Waals surface area contributed by atoms with Gasteiger partial charge in [-0.3, -0.25) is 14.3 Å². The summed E-state index contributed by atoms with van der Waals surface area (Å²) in [6.07, 6.45) is 4.42. The van der Waals surface area contributed by atoms with Gasteiger partial charge >= 0.3 is 0 Å². The molecule has 3 aliphatic heterocycles. The monoisotopic (exact) mass is 709 g/mol. The molecule has 51 heavy (non-hydrogen) atoms. The van der Waals surface area contributed by atoms with E-state index in [4.69, 9.17) is 9.47 Å². The number of carbonyl (C=O) groups is 2. The molecule has 11 nitrogen and oxygen atoms in total. The molecule has 1 aromatic heterocycles. The number of aliphatic hydroxyl groups excluding tert-OH is 1. The second kappa shape index (κ2) is 14.0. The van der Waals surface area contributed by atoms with Crippen LogP contribution in [0.25, 0.3) is 0 Å². The Bertz CT molecular complexity index is 1880. The van der Waals surface area contributed by atoms with E-state index in [-0.39, 0.29) is 35.8 Å². The lowest BCUT2D eigenvalue weighted by atomic mass is 9.82. The van der Waals surface area contributed by atoms with Crippen LogP contribution in [0.15, 0.2) is 79.0 Å². The molecular formula is C39H47N5O6Si. The molecule has 0 saturated carbocycles. The average molecular weight is 710 g/mol. The minimum Gasteiger partial charge on any atom is -0.497 e. The van der Waals surface area contributed by atoms with Gasteiger partial charge in [0.05, 0.1) is 43.7 Å². The Labute approximate surface area is 299 Å². The standard InChI is InChI=1S/C39H47N5O6Si/c1-26-37(51(3,4)48)35(19-21-42-24-33(40-41-42)31(25-45)28-10-6-5-7-11-28)50-39(26)32-22-30(49-2)17-18-34(32)44(38(39)47)23-27-13-15-29(16-14-27)43-20-9-8-12-36(43)46/h5-7,10-11,13-18,22,24,26,31,35,37,45,48H,8-9,12,19-21,23,25H2,1-4H3/t26-,31?,35+,37-,39+/m1/s1. The summed E-state index contributed by atoms with van der Waals surface area (Å²) in [5.74, 6) is -0.00325. The zero-order valence-electron chi connectivity index (χ0n) is 29.7. The average Bonchev–Trinajstić information content (AvgIpc) is 3.78. The predicted molar refractivity (Wildman–Crippen MR) is 196 cm³/mol. The lowest BCUT2D eigenvalue weighted by molar-refractivity contribution is -0.146. The number of hydrogen-bond acceptors (Lipinski definition) is 8. The number of amides is 2. The number of rotatable bonds is 11. The first kappa shape index (κ1) is 35.1. The number of methoxy groups -OCH3 is 1. The van der Waals surface area contributed by atoms with Gasteiger partial charge in [-0.2, -0.15) is 0 Å². The second-order valence-corrected chi connectivity index (χ2v) is 18.6. The molecule has 3 aromatic carbocycles. The van der Waals surface area contributed by atoms with Gasteiger partial charge in [-0.15, -0.1) is 5.10 Å². The molecule has 5 atom stereocenters. The number of carbonyl (C=O) groups excluding carboxylic acids is 2. The second-order valence-electron chi connectivity index (χ2n) is 14.6. The first-order valence-electron chi connectivity index (χ1n) is 17.9. The summed E-state index contributed by atoms with van der Waals surface area (Å²) >= 11 is 0. The summed E-state index contributed by atoms with van der Waals surface area (Å²) in [4.78, 5) is 42.8. The van der Waals surface area contributed by atoms with Crippen LogP contribution in [0.2, 0.25) is 18.6 Å². The quantitative estimate of drug-likeness (QED) is 0.199. The normalized spacial score (nSPS) is 24.0. The maximum Gasteiger partial charge on any atom is 0.264 e. The SMILES string of the molecule is COc1ccc2c(c1)[C@]1(O[C@@H](CCn3cc(C(CO)c4ccccc4)nn3)[C@H]([Si](C)(C)O)[C@H]1C)C(=O)N2Cc1ccc(N2CCCCC2=O)cc1. The molecular weight excluding hydrogens is 663 g/mol. The molecule has 3 aliphatic rings. The maximum absolute atomic E-state index is 14.9. The van der Waals surface area contributed by atoms with Crippen molar-refractivity contribution >= 4 is 31.5 Å². The van der Waals surface area contributed by atoms with Crippen molar-refractivity contribution in [2.24, 2.45) is 5.92 Å². The number of ether oxygens (including phenoxy) is 2. The van der Waals surface area contributed by atoms with Crippen LogP contribution in [-0.4, -0.2) is 71.4 Å². The number of benzene rings is 3. The third kappa shape index (κ3) is 6.39. The zero-order chi connectivity index (χ0) is 35.9. The molecule has 0 radical (unpaired) electrons. The number of piperidine rings is 1. The third-order valence-corrected chi connectivity index (χ3v) is 13.5. The predicted octanol–water partition coefficient (Wildman–Crippen LogP) is 5.36. The van der Waals surface area contributed by atoms with Crippen LogP contribution in [0.3, 0.4) is 0 Å². The van der Waals surface area contributed by atoms with Crippen LogP contribution in [0.4, 0.5) is 11.4 Å². The lowest BCUT2D eigenvalue weighted by Crippen LogP contribution is -2.46. The van der Waals surface area contributed by atoms with Crippen molar-refractivity contribution < 1.29 is 29.0 Å². The third-order valence-electron chi connectivity index (χ3n) is 11.0. The topological polar surface area (TPSA) is 130 Å². The largest absolute Gasteiger partial charge is 0.497 e. The number of nitrogens with zero attached hydrogens (tertiary/aromatic N) is 5. The van der Waals surface area contributed by atoms with E-state index in [0.29, 0.717) is 37.4 Å². The van der Waals surface area contributed by atoms with Gasteiger partial charge in [-0.05, 0) is 73.8 Å². The van der Waals surface area contributed by atoms with Crippen LogP contribution in [0.5, 0.6) is 5.75 Å². The molecule has 1 unspecified atom stereocenters. The van der Waals surface area contributed by atoms with Gasteiger partial charge in [-0.25, -0.2) is 0 Å². The van der Waals surface area contributed by atoms with E-state index in [1.165, 1.54) is 0 Å². The zero-order valence-corrected chi connectivity index (χ0v) is 30.7. The molecule has 0 bridgehead atoms. The highest BCUT2D eigenvalue weighted by Crippen LogP contribution is 2.60. The molecule has 268 valence electrons. The van der Waals surface area contributed by atoms with Gasteiger partial charge < -0.3 is 29.2 Å². The molecule has 4 heterocycles. The van der Waals surface area contributed by atoms with Crippen molar-refractivity contribution in [3.05, 3.63) is 101 Å². The van der Waals surface area contributed by atoms with Crippen LogP contribution >= 0.6 is 0 Å². The van der Waals surface area contributed by atoms with Gasteiger partial charge in [0, 0.05) is 48.4 Å². The fourth-order valence-corrected chi connectivity index (χ4v) is 11.2. The van der Waals surface area contributed by atoms with Gasteiger partial charge in [0.15, 0.2) is 13.9 Å². The molecule has 12 heteroatoms. The Morgan fingerprint density at radius 2 is 1.82 bits per heavy atom.